The lowest BCUT2D eigenvalue weighted by atomic mass is 10.1. The normalized spacial score (nSPS) is 12.7. The fourth-order valence-corrected chi connectivity index (χ4v) is 1.20. The van der Waals surface area contributed by atoms with Crippen LogP contribution >= 0.6 is 0 Å². The van der Waals surface area contributed by atoms with Crippen molar-refractivity contribution in [2.45, 2.75) is 46.3 Å². The molecule has 0 unspecified atom stereocenters. The maximum Gasteiger partial charge on any atom is 0.408 e. The number of carboxylic acids is 1. The van der Waals surface area contributed by atoms with Gasteiger partial charge in [-0.25, -0.2) is 9.59 Å². The Balaban J connectivity index is 4.19. The van der Waals surface area contributed by atoms with E-state index < -0.39 is 29.6 Å². The van der Waals surface area contributed by atoms with Gasteiger partial charge >= 0.3 is 12.1 Å². The Morgan fingerprint density at radius 3 is 2.11 bits per heavy atom. The van der Waals surface area contributed by atoms with Gasteiger partial charge in [-0.1, -0.05) is 13.8 Å². The van der Waals surface area contributed by atoms with Crippen molar-refractivity contribution in [2.75, 3.05) is 6.54 Å². The van der Waals surface area contributed by atoms with E-state index in [0.717, 1.165) is 0 Å². The van der Waals surface area contributed by atoms with Gasteiger partial charge < -0.3 is 20.5 Å². The third-order valence-electron chi connectivity index (χ3n) is 2.04. The molecule has 7 nitrogen and oxygen atoms in total. The molecule has 1 atom stereocenters. The Kier molecular flexibility index (Phi) is 6.31. The van der Waals surface area contributed by atoms with Crippen LogP contribution < -0.4 is 10.6 Å². The molecule has 0 bridgehead atoms. The van der Waals surface area contributed by atoms with E-state index in [4.69, 9.17) is 9.84 Å². The lowest BCUT2D eigenvalue weighted by Crippen LogP contribution is -2.48. The maximum atomic E-state index is 11.5. The molecule has 7 heteroatoms. The highest BCUT2D eigenvalue weighted by atomic mass is 16.6. The summed E-state index contributed by atoms with van der Waals surface area (Å²) in [7, 11) is 0. The highest BCUT2D eigenvalue weighted by molar-refractivity contribution is 5.86. The number of rotatable bonds is 5. The van der Waals surface area contributed by atoms with E-state index in [2.05, 4.69) is 10.6 Å². The highest BCUT2D eigenvalue weighted by Crippen LogP contribution is 2.06. The number of aliphatic carboxylic acids is 1. The third-order valence-corrected chi connectivity index (χ3v) is 2.04. The topological polar surface area (TPSA) is 105 Å². The summed E-state index contributed by atoms with van der Waals surface area (Å²) >= 11 is 0. The Morgan fingerprint density at radius 1 is 1.21 bits per heavy atom. The van der Waals surface area contributed by atoms with Crippen LogP contribution in [0.2, 0.25) is 0 Å². The molecular formula is C12H22N2O5. The second kappa shape index (κ2) is 6.96. The van der Waals surface area contributed by atoms with Crippen LogP contribution in [0.25, 0.3) is 0 Å². The number of carbonyl (C=O) groups is 3. The van der Waals surface area contributed by atoms with Gasteiger partial charge in [0.15, 0.2) is 0 Å². The largest absolute Gasteiger partial charge is 0.480 e. The Morgan fingerprint density at radius 2 is 1.74 bits per heavy atom. The minimum Gasteiger partial charge on any atom is -0.480 e. The minimum atomic E-state index is -1.11. The van der Waals surface area contributed by atoms with Crippen LogP contribution in [-0.4, -0.2) is 41.3 Å². The SMILES string of the molecule is CC(C)[C@H](NC(=O)CNC(=O)OC(C)(C)C)C(=O)O. The first-order valence-electron chi connectivity index (χ1n) is 6.02. The summed E-state index contributed by atoms with van der Waals surface area (Å²) in [6, 6.07) is -0.979. The van der Waals surface area contributed by atoms with Gasteiger partial charge in [0.1, 0.15) is 18.2 Å². The van der Waals surface area contributed by atoms with Crippen LogP contribution in [-0.2, 0) is 14.3 Å². The average Bonchev–Trinajstić information content (AvgIpc) is 2.19. The van der Waals surface area contributed by atoms with Gasteiger partial charge in [0.25, 0.3) is 0 Å². The molecule has 0 saturated heterocycles. The fraction of sp³-hybridized carbons (Fsp3) is 0.750. The standard InChI is InChI=1S/C12H22N2O5/c1-7(2)9(10(16)17)14-8(15)6-13-11(18)19-12(3,4)5/h7,9H,6H2,1-5H3,(H,13,18)(H,14,15)(H,16,17)/t9-/m0/s1. The van der Waals surface area contributed by atoms with Gasteiger partial charge in [0, 0.05) is 0 Å². The zero-order valence-corrected chi connectivity index (χ0v) is 11.9. The quantitative estimate of drug-likeness (QED) is 0.685. The summed E-state index contributed by atoms with van der Waals surface area (Å²) < 4.78 is 4.94. The molecular weight excluding hydrogens is 252 g/mol. The number of alkyl carbamates (subject to hydrolysis) is 1. The fourth-order valence-electron chi connectivity index (χ4n) is 1.20. The molecule has 3 N–H and O–H groups in total. The summed E-state index contributed by atoms with van der Waals surface area (Å²) in [6.07, 6.45) is -0.723. The zero-order valence-electron chi connectivity index (χ0n) is 11.9. The van der Waals surface area contributed by atoms with Crippen LogP contribution in [0.5, 0.6) is 0 Å². The Hall–Kier alpha value is -1.79. The number of nitrogens with one attached hydrogen (secondary N) is 2. The summed E-state index contributed by atoms with van der Waals surface area (Å²) in [6.45, 7) is 8.13. The van der Waals surface area contributed by atoms with Crippen molar-refractivity contribution in [1.82, 2.24) is 10.6 Å². The molecule has 0 fully saturated rings. The van der Waals surface area contributed by atoms with E-state index in [1.807, 2.05) is 0 Å². The van der Waals surface area contributed by atoms with Gasteiger partial charge in [0.05, 0.1) is 0 Å². The van der Waals surface area contributed by atoms with Crippen LogP contribution in [0.1, 0.15) is 34.6 Å². The first-order chi connectivity index (χ1) is 8.53. The summed E-state index contributed by atoms with van der Waals surface area (Å²) in [5, 5.41) is 13.5. The number of hydrogen-bond acceptors (Lipinski definition) is 4. The van der Waals surface area contributed by atoms with Crippen molar-refractivity contribution in [2.24, 2.45) is 5.92 Å². The van der Waals surface area contributed by atoms with Gasteiger partial charge in [0.2, 0.25) is 5.91 Å². The van der Waals surface area contributed by atoms with Crippen LogP contribution in [0.3, 0.4) is 0 Å². The second-order valence-corrected chi connectivity index (χ2v) is 5.48. The second-order valence-electron chi connectivity index (χ2n) is 5.48. The van der Waals surface area contributed by atoms with E-state index in [1.165, 1.54) is 0 Å². The zero-order chi connectivity index (χ0) is 15.2. The third kappa shape index (κ3) is 8.01. The van der Waals surface area contributed by atoms with Gasteiger partial charge in [-0.3, -0.25) is 4.79 Å². The number of carboxylic acid groups (broad SMARTS) is 1. The molecule has 0 aliphatic heterocycles. The Bertz CT molecular complexity index is 347. The van der Waals surface area contributed by atoms with Crippen molar-refractivity contribution in [3.63, 3.8) is 0 Å². The highest BCUT2D eigenvalue weighted by Gasteiger charge is 2.23. The van der Waals surface area contributed by atoms with E-state index in [0.29, 0.717) is 0 Å². The smallest absolute Gasteiger partial charge is 0.408 e. The Labute approximate surface area is 112 Å². The number of carbonyl (C=O) groups excluding carboxylic acids is 2. The molecule has 0 aromatic heterocycles. The van der Waals surface area contributed by atoms with Gasteiger partial charge in [-0.2, -0.15) is 0 Å². The molecule has 0 rings (SSSR count). The molecule has 0 aliphatic rings. The van der Waals surface area contributed by atoms with Crippen LogP contribution in [0, 0.1) is 5.92 Å². The molecule has 0 saturated carbocycles. The molecule has 110 valence electrons. The van der Waals surface area contributed by atoms with Crippen LogP contribution in [0.4, 0.5) is 4.79 Å². The van der Waals surface area contributed by atoms with Crippen molar-refractivity contribution >= 4 is 18.0 Å². The summed E-state index contributed by atoms with van der Waals surface area (Å²) in [5.74, 6) is -1.93. The van der Waals surface area contributed by atoms with E-state index >= 15 is 0 Å². The number of ether oxygens (including phenoxy) is 1. The number of hydrogen-bond donors (Lipinski definition) is 3. The maximum absolute atomic E-state index is 11.5. The van der Waals surface area contributed by atoms with E-state index in [9.17, 15) is 14.4 Å². The molecule has 0 aromatic rings. The van der Waals surface area contributed by atoms with Crippen molar-refractivity contribution in [3.8, 4) is 0 Å². The molecule has 0 aromatic carbocycles. The van der Waals surface area contributed by atoms with Crippen molar-refractivity contribution in [3.05, 3.63) is 0 Å². The predicted molar refractivity (Wildman–Crippen MR) is 68.6 cm³/mol. The first kappa shape index (κ1) is 17.2. The molecule has 0 radical (unpaired) electrons. The van der Waals surface area contributed by atoms with E-state index in [1.54, 1.807) is 34.6 Å². The molecule has 0 spiro atoms. The van der Waals surface area contributed by atoms with Gasteiger partial charge in [-0.15, -0.1) is 0 Å². The first-order valence-corrected chi connectivity index (χ1v) is 6.02. The van der Waals surface area contributed by atoms with Crippen molar-refractivity contribution < 1.29 is 24.2 Å². The minimum absolute atomic E-state index is 0.247. The summed E-state index contributed by atoms with van der Waals surface area (Å²) in [5.41, 5.74) is -0.651. The van der Waals surface area contributed by atoms with Gasteiger partial charge in [-0.05, 0) is 26.7 Å². The summed E-state index contributed by atoms with van der Waals surface area (Å²) in [4.78, 5) is 33.7. The lowest BCUT2D eigenvalue weighted by molar-refractivity contribution is -0.142. The van der Waals surface area contributed by atoms with E-state index in [-0.39, 0.29) is 12.5 Å². The number of amides is 2. The predicted octanol–water partition coefficient (Wildman–Crippen LogP) is 0.737. The molecule has 19 heavy (non-hydrogen) atoms. The lowest BCUT2D eigenvalue weighted by Gasteiger charge is -2.20. The van der Waals surface area contributed by atoms with Crippen LogP contribution in [0.15, 0.2) is 0 Å². The average molecular weight is 274 g/mol. The molecule has 0 aliphatic carbocycles. The molecule has 0 heterocycles. The van der Waals surface area contributed by atoms with Crippen molar-refractivity contribution in [1.29, 1.82) is 0 Å². The molecule has 2 amide bonds. The monoisotopic (exact) mass is 274 g/mol.